The Labute approximate surface area is 172 Å². The zero-order valence-corrected chi connectivity index (χ0v) is 16.7. The van der Waals surface area contributed by atoms with E-state index in [4.69, 9.17) is 4.74 Å². The fraction of sp³-hybridized carbons (Fsp3) is 0.316. The number of aromatic nitrogens is 3. The number of hydrogen-bond acceptors (Lipinski definition) is 4. The Morgan fingerprint density at radius 1 is 1.14 bits per heavy atom. The van der Waals surface area contributed by atoms with Crippen LogP contribution in [-0.4, -0.2) is 51.7 Å². The van der Waals surface area contributed by atoms with Gasteiger partial charge in [-0.2, -0.15) is 18.3 Å². The average Bonchev–Trinajstić information content (AvgIpc) is 3.09. The molecular formula is C19H16BrF3N4O2. The topological polar surface area (TPSA) is 59.7 Å². The summed E-state index contributed by atoms with van der Waals surface area (Å²) < 4.78 is 47.7. The first-order valence-corrected chi connectivity index (χ1v) is 9.69. The number of halogens is 4. The second kappa shape index (κ2) is 7.75. The Kier molecular flexibility index (Phi) is 5.30. The van der Waals surface area contributed by atoms with E-state index < -0.39 is 11.9 Å². The third-order valence-electron chi connectivity index (χ3n) is 4.60. The van der Waals surface area contributed by atoms with Crippen molar-refractivity contribution in [1.29, 1.82) is 0 Å². The molecule has 0 atom stereocenters. The standard InChI is InChI=1S/C19H16BrF3N4O2/c20-13-3-1-12(2-4-13)15-11-16(19(21,22)23)27-17(24-15)9-14(25-27)10-18(28)26-5-7-29-8-6-26/h1-4,9,11H,5-8,10H2. The van der Waals surface area contributed by atoms with Crippen LogP contribution in [-0.2, 0) is 22.1 Å². The number of rotatable bonds is 3. The molecule has 0 unspecified atom stereocenters. The van der Waals surface area contributed by atoms with E-state index in [0.717, 1.165) is 15.1 Å². The Bertz CT molecular complexity index is 1040. The van der Waals surface area contributed by atoms with E-state index in [2.05, 4.69) is 26.0 Å². The minimum absolute atomic E-state index is 0.0440. The molecule has 1 amide bonds. The molecule has 1 aliphatic heterocycles. The fourth-order valence-corrected chi connectivity index (χ4v) is 3.42. The third-order valence-corrected chi connectivity index (χ3v) is 5.13. The SMILES string of the molecule is O=C(Cc1cc2nc(-c3ccc(Br)cc3)cc(C(F)(F)F)n2n1)N1CCOCC1. The van der Waals surface area contributed by atoms with Crippen LogP contribution < -0.4 is 0 Å². The summed E-state index contributed by atoms with van der Waals surface area (Å²) in [5.74, 6) is -0.196. The smallest absolute Gasteiger partial charge is 0.378 e. The lowest BCUT2D eigenvalue weighted by atomic mass is 10.1. The lowest BCUT2D eigenvalue weighted by Gasteiger charge is -2.26. The van der Waals surface area contributed by atoms with E-state index in [0.29, 0.717) is 31.9 Å². The van der Waals surface area contributed by atoms with Crippen LogP contribution in [0, 0.1) is 0 Å². The number of hydrogen-bond donors (Lipinski definition) is 0. The molecule has 0 bridgehead atoms. The molecule has 10 heteroatoms. The second-order valence-electron chi connectivity index (χ2n) is 6.61. The molecule has 6 nitrogen and oxygen atoms in total. The molecule has 0 radical (unpaired) electrons. The molecule has 152 valence electrons. The molecule has 29 heavy (non-hydrogen) atoms. The Balaban J connectivity index is 1.72. The molecular weight excluding hydrogens is 453 g/mol. The summed E-state index contributed by atoms with van der Waals surface area (Å²) in [6.07, 6.45) is -4.71. The Morgan fingerprint density at radius 2 is 1.83 bits per heavy atom. The first-order valence-electron chi connectivity index (χ1n) is 8.89. The van der Waals surface area contributed by atoms with Gasteiger partial charge in [0, 0.05) is 29.2 Å². The summed E-state index contributed by atoms with van der Waals surface area (Å²) in [6, 6.07) is 9.23. The minimum Gasteiger partial charge on any atom is -0.378 e. The molecule has 0 aliphatic carbocycles. The van der Waals surface area contributed by atoms with Gasteiger partial charge in [-0.15, -0.1) is 0 Å². The monoisotopic (exact) mass is 468 g/mol. The van der Waals surface area contributed by atoms with E-state index >= 15 is 0 Å². The number of nitrogens with zero attached hydrogens (tertiary/aromatic N) is 4. The molecule has 4 rings (SSSR count). The summed E-state index contributed by atoms with van der Waals surface area (Å²) in [6.45, 7) is 1.83. The van der Waals surface area contributed by atoms with Crippen LogP contribution in [0.1, 0.15) is 11.4 Å². The number of ether oxygens (including phenoxy) is 1. The predicted molar refractivity (Wildman–Crippen MR) is 102 cm³/mol. The van der Waals surface area contributed by atoms with Gasteiger partial charge in [-0.1, -0.05) is 28.1 Å². The summed E-state index contributed by atoms with van der Waals surface area (Å²) >= 11 is 3.30. The molecule has 1 fully saturated rings. The highest BCUT2D eigenvalue weighted by molar-refractivity contribution is 9.10. The quantitative estimate of drug-likeness (QED) is 0.589. The average molecular weight is 469 g/mol. The van der Waals surface area contributed by atoms with E-state index in [-0.39, 0.29) is 29.4 Å². The number of carbonyl (C=O) groups is 1. The van der Waals surface area contributed by atoms with Crippen molar-refractivity contribution in [2.75, 3.05) is 26.3 Å². The van der Waals surface area contributed by atoms with Crippen molar-refractivity contribution in [3.8, 4) is 11.3 Å². The number of alkyl halides is 3. The van der Waals surface area contributed by atoms with Gasteiger partial charge in [0.25, 0.3) is 0 Å². The van der Waals surface area contributed by atoms with Crippen LogP contribution in [0.4, 0.5) is 13.2 Å². The predicted octanol–water partition coefficient (Wildman–Crippen LogP) is 3.58. The van der Waals surface area contributed by atoms with Gasteiger partial charge >= 0.3 is 6.18 Å². The molecule has 0 spiro atoms. The van der Waals surface area contributed by atoms with Gasteiger partial charge in [0.05, 0.1) is 31.0 Å². The molecule has 2 aromatic heterocycles. The van der Waals surface area contributed by atoms with Gasteiger partial charge in [0.1, 0.15) is 0 Å². The number of benzene rings is 1. The van der Waals surface area contributed by atoms with Gasteiger partial charge in [-0.3, -0.25) is 4.79 Å². The van der Waals surface area contributed by atoms with E-state index in [1.807, 2.05) is 0 Å². The maximum Gasteiger partial charge on any atom is 0.433 e. The highest BCUT2D eigenvalue weighted by atomic mass is 79.9. The summed E-state index contributed by atoms with van der Waals surface area (Å²) in [7, 11) is 0. The van der Waals surface area contributed by atoms with Crippen molar-refractivity contribution in [3.63, 3.8) is 0 Å². The van der Waals surface area contributed by atoms with Crippen molar-refractivity contribution >= 4 is 27.5 Å². The number of carbonyl (C=O) groups excluding carboxylic acids is 1. The van der Waals surface area contributed by atoms with E-state index in [1.165, 1.54) is 6.07 Å². The van der Waals surface area contributed by atoms with Crippen molar-refractivity contribution < 1.29 is 22.7 Å². The number of fused-ring (bicyclic) bond motifs is 1. The van der Waals surface area contributed by atoms with Crippen molar-refractivity contribution in [3.05, 3.63) is 52.3 Å². The molecule has 1 aliphatic rings. The Morgan fingerprint density at radius 3 is 2.48 bits per heavy atom. The fourth-order valence-electron chi connectivity index (χ4n) is 3.16. The van der Waals surface area contributed by atoms with Crippen LogP contribution in [0.25, 0.3) is 16.9 Å². The molecule has 3 heterocycles. The van der Waals surface area contributed by atoms with Crippen molar-refractivity contribution in [2.45, 2.75) is 12.6 Å². The largest absolute Gasteiger partial charge is 0.433 e. The normalized spacial score (nSPS) is 15.1. The van der Waals surface area contributed by atoms with Gasteiger partial charge in [0.2, 0.25) is 5.91 Å². The highest BCUT2D eigenvalue weighted by Gasteiger charge is 2.35. The van der Waals surface area contributed by atoms with Crippen LogP contribution in [0.3, 0.4) is 0 Å². The van der Waals surface area contributed by atoms with E-state index in [9.17, 15) is 18.0 Å². The van der Waals surface area contributed by atoms with Gasteiger partial charge < -0.3 is 9.64 Å². The summed E-state index contributed by atoms with van der Waals surface area (Å²) in [5, 5.41) is 4.01. The minimum atomic E-state index is -4.62. The summed E-state index contributed by atoms with van der Waals surface area (Å²) in [4.78, 5) is 18.4. The molecule has 1 aromatic carbocycles. The maximum absolute atomic E-state index is 13.7. The lowest BCUT2D eigenvalue weighted by molar-refractivity contribution is -0.142. The molecule has 0 N–H and O–H groups in total. The zero-order chi connectivity index (χ0) is 20.6. The van der Waals surface area contributed by atoms with Gasteiger partial charge in [0.15, 0.2) is 11.3 Å². The number of amides is 1. The molecule has 1 saturated heterocycles. The number of morpholine rings is 1. The second-order valence-corrected chi connectivity index (χ2v) is 7.52. The van der Waals surface area contributed by atoms with Gasteiger partial charge in [-0.05, 0) is 18.2 Å². The van der Waals surface area contributed by atoms with Crippen molar-refractivity contribution in [1.82, 2.24) is 19.5 Å². The van der Waals surface area contributed by atoms with Crippen LogP contribution in [0.5, 0.6) is 0 Å². The van der Waals surface area contributed by atoms with Crippen LogP contribution >= 0.6 is 15.9 Å². The zero-order valence-electron chi connectivity index (χ0n) is 15.1. The first-order chi connectivity index (χ1) is 13.8. The molecule has 3 aromatic rings. The highest BCUT2D eigenvalue weighted by Crippen LogP contribution is 2.32. The molecule has 0 saturated carbocycles. The first kappa shape index (κ1) is 19.8. The van der Waals surface area contributed by atoms with Crippen LogP contribution in [0.15, 0.2) is 40.9 Å². The lowest BCUT2D eigenvalue weighted by Crippen LogP contribution is -2.41. The maximum atomic E-state index is 13.7. The van der Waals surface area contributed by atoms with Crippen molar-refractivity contribution in [2.24, 2.45) is 0 Å². The van der Waals surface area contributed by atoms with Crippen LogP contribution in [0.2, 0.25) is 0 Å². The third kappa shape index (κ3) is 4.27. The van der Waals surface area contributed by atoms with Gasteiger partial charge in [-0.25, -0.2) is 9.50 Å². The summed E-state index contributed by atoms with van der Waals surface area (Å²) in [5.41, 5.74) is 0.0806. The Hall–Kier alpha value is -2.46. The van der Waals surface area contributed by atoms with E-state index in [1.54, 1.807) is 29.2 Å².